The van der Waals surface area contributed by atoms with Crippen molar-refractivity contribution >= 4 is 17.1 Å². The minimum absolute atomic E-state index is 0.0461. The van der Waals surface area contributed by atoms with Gasteiger partial charge in [0.2, 0.25) is 0 Å². The lowest BCUT2D eigenvalue weighted by Crippen LogP contribution is -1.95. The van der Waals surface area contributed by atoms with Gasteiger partial charge in [0.05, 0.1) is 24.3 Å². The van der Waals surface area contributed by atoms with E-state index >= 15 is 0 Å². The number of benzene rings is 1. The van der Waals surface area contributed by atoms with Crippen molar-refractivity contribution in [1.29, 1.82) is 0 Å². The van der Waals surface area contributed by atoms with Crippen LogP contribution in [0.2, 0.25) is 0 Å². The first-order chi connectivity index (χ1) is 9.56. The van der Waals surface area contributed by atoms with Gasteiger partial charge in [0.25, 0.3) is 0 Å². The predicted octanol–water partition coefficient (Wildman–Crippen LogP) is 3.73. The summed E-state index contributed by atoms with van der Waals surface area (Å²) in [4.78, 5) is 16.7. The molecule has 0 aliphatic heterocycles. The summed E-state index contributed by atoms with van der Waals surface area (Å²) in [5, 5.41) is 0.816. The van der Waals surface area contributed by atoms with E-state index in [0.717, 1.165) is 16.3 Å². The summed E-state index contributed by atoms with van der Waals surface area (Å²) in [6.45, 7) is 5.90. The highest BCUT2D eigenvalue weighted by atomic mass is 32.1. The maximum atomic E-state index is 11.5. The Morgan fingerprint density at radius 3 is 2.65 bits per heavy atom. The lowest BCUT2D eigenvalue weighted by Gasteiger charge is -2.10. The molecule has 0 fully saturated rings. The molecule has 0 bridgehead atoms. The van der Waals surface area contributed by atoms with Gasteiger partial charge in [-0.25, -0.2) is 4.98 Å². The number of hydrogen-bond donors (Lipinski definition) is 0. The zero-order valence-electron chi connectivity index (χ0n) is 12.0. The average molecular weight is 291 g/mol. The van der Waals surface area contributed by atoms with Gasteiger partial charge in [-0.2, -0.15) is 0 Å². The maximum Gasteiger partial charge on any atom is 0.171 e. The van der Waals surface area contributed by atoms with Crippen molar-refractivity contribution in [1.82, 2.24) is 4.98 Å². The molecular formula is C15H17NO3S. The van der Waals surface area contributed by atoms with Gasteiger partial charge in [-0.15, -0.1) is 11.3 Å². The Morgan fingerprint density at radius 2 is 2.10 bits per heavy atom. The predicted molar refractivity (Wildman–Crippen MR) is 80.0 cm³/mol. The molecule has 2 rings (SSSR count). The molecule has 0 saturated carbocycles. The smallest absolute Gasteiger partial charge is 0.171 e. The number of ketones is 1. The molecule has 0 aliphatic rings. The number of aryl methyl sites for hydroxylation is 1. The number of carbonyl (C=O) groups is 1. The van der Waals surface area contributed by atoms with Gasteiger partial charge in [0.1, 0.15) is 5.01 Å². The summed E-state index contributed by atoms with van der Waals surface area (Å²) >= 11 is 1.40. The molecule has 0 amide bonds. The van der Waals surface area contributed by atoms with Gasteiger partial charge < -0.3 is 9.47 Å². The number of Topliss-reactive ketones (excluding diaryl/α,β-unsaturated/α-hetero) is 1. The highest BCUT2D eigenvalue weighted by Crippen LogP contribution is 2.35. The zero-order chi connectivity index (χ0) is 14.7. The maximum absolute atomic E-state index is 11.5. The van der Waals surface area contributed by atoms with E-state index in [0.29, 0.717) is 23.0 Å². The Bertz CT molecular complexity index is 634. The number of thiazole rings is 1. The van der Waals surface area contributed by atoms with Crippen LogP contribution in [0.1, 0.15) is 29.2 Å². The number of hydrogen-bond acceptors (Lipinski definition) is 5. The van der Waals surface area contributed by atoms with Gasteiger partial charge in [-0.3, -0.25) is 4.79 Å². The third-order valence-electron chi connectivity index (χ3n) is 2.83. The molecule has 0 unspecified atom stereocenters. The highest BCUT2D eigenvalue weighted by Gasteiger charge is 2.14. The largest absolute Gasteiger partial charge is 0.493 e. The SMILES string of the molecule is CCOc1cc(-c2nc(C)c(C(C)=O)s2)ccc1OC. The van der Waals surface area contributed by atoms with E-state index in [1.165, 1.54) is 11.3 Å². The Hall–Kier alpha value is -1.88. The molecule has 0 spiro atoms. The van der Waals surface area contributed by atoms with Crippen LogP contribution >= 0.6 is 11.3 Å². The summed E-state index contributed by atoms with van der Waals surface area (Å²) in [5.41, 5.74) is 1.70. The van der Waals surface area contributed by atoms with E-state index in [9.17, 15) is 4.79 Å². The topological polar surface area (TPSA) is 48.4 Å². The first kappa shape index (κ1) is 14.5. The van der Waals surface area contributed by atoms with Crippen molar-refractivity contribution in [2.45, 2.75) is 20.8 Å². The van der Waals surface area contributed by atoms with Crippen molar-refractivity contribution in [2.24, 2.45) is 0 Å². The van der Waals surface area contributed by atoms with Crippen molar-refractivity contribution in [2.75, 3.05) is 13.7 Å². The molecule has 106 valence electrons. The van der Waals surface area contributed by atoms with E-state index in [4.69, 9.17) is 9.47 Å². The second kappa shape index (κ2) is 6.05. The Balaban J connectivity index is 2.44. The van der Waals surface area contributed by atoms with Gasteiger partial charge in [-0.05, 0) is 32.0 Å². The molecule has 1 aromatic heterocycles. The highest BCUT2D eigenvalue weighted by molar-refractivity contribution is 7.17. The number of ether oxygens (including phenoxy) is 2. The quantitative estimate of drug-likeness (QED) is 0.788. The molecule has 1 heterocycles. The molecular weight excluding hydrogens is 274 g/mol. The van der Waals surface area contributed by atoms with Crippen LogP contribution in [0.25, 0.3) is 10.6 Å². The van der Waals surface area contributed by atoms with E-state index in [-0.39, 0.29) is 5.78 Å². The Kier molecular flexibility index (Phi) is 4.39. The van der Waals surface area contributed by atoms with Crippen LogP contribution in [-0.4, -0.2) is 24.5 Å². The van der Waals surface area contributed by atoms with Crippen LogP contribution in [0.5, 0.6) is 11.5 Å². The van der Waals surface area contributed by atoms with Crippen LogP contribution in [0.3, 0.4) is 0 Å². The summed E-state index contributed by atoms with van der Waals surface area (Å²) in [7, 11) is 1.61. The third kappa shape index (κ3) is 2.82. The Morgan fingerprint density at radius 1 is 1.35 bits per heavy atom. The standard InChI is InChI=1S/C15H17NO3S/c1-5-19-13-8-11(6-7-12(13)18-4)15-16-9(2)14(20-15)10(3)17/h6-8H,5H2,1-4H3. The first-order valence-electron chi connectivity index (χ1n) is 6.36. The van der Waals surface area contributed by atoms with Crippen LogP contribution in [0.4, 0.5) is 0 Å². The molecule has 0 radical (unpaired) electrons. The lowest BCUT2D eigenvalue weighted by atomic mass is 10.2. The van der Waals surface area contributed by atoms with E-state index in [1.54, 1.807) is 14.0 Å². The molecule has 1 aromatic carbocycles. The fraction of sp³-hybridized carbons (Fsp3) is 0.333. The molecule has 0 atom stereocenters. The zero-order valence-corrected chi connectivity index (χ0v) is 12.8. The molecule has 2 aromatic rings. The number of nitrogens with zero attached hydrogens (tertiary/aromatic N) is 1. The normalized spacial score (nSPS) is 10.4. The Labute approximate surface area is 122 Å². The number of rotatable bonds is 5. The molecule has 4 nitrogen and oxygen atoms in total. The number of carbonyl (C=O) groups excluding carboxylic acids is 1. The minimum atomic E-state index is 0.0461. The second-order valence-electron chi connectivity index (χ2n) is 4.29. The molecule has 0 aliphatic carbocycles. The monoisotopic (exact) mass is 291 g/mol. The lowest BCUT2D eigenvalue weighted by molar-refractivity contribution is 0.102. The summed E-state index contributed by atoms with van der Waals surface area (Å²) < 4.78 is 10.8. The van der Waals surface area contributed by atoms with E-state index < -0.39 is 0 Å². The van der Waals surface area contributed by atoms with Crippen molar-refractivity contribution in [3.8, 4) is 22.1 Å². The summed E-state index contributed by atoms with van der Waals surface area (Å²) in [6, 6.07) is 5.67. The van der Waals surface area contributed by atoms with Crippen LogP contribution in [-0.2, 0) is 0 Å². The fourth-order valence-electron chi connectivity index (χ4n) is 1.92. The van der Waals surface area contributed by atoms with Crippen molar-refractivity contribution in [3.63, 3.8) is 0 Å². The van der Waals surface area contributed by atoms with Crippen molar-refractivity contribution in [3.05, 3.63) is 28.8 Å². The van der Waals surface area contributed by atoms with Gasteiger partial charge >= 0.3 is 0 Å². The minimum Gasteiger partial charge on any atom is -0.493 e. The van der Waals surface area contributed by atoms with Crippen LogP contribution < -0.4 is 9.47 Å². The van der Waals surface area contributed by atoms with Gasteiger partial charge in [0.15, 0.2) is 17.3 Å². The van der Waals surface area contributed by atoms with Gasteiger partial charge in [-0.1, -0.05) is 0 Å². The molecule has 20 heavy (non-hydrogen) atoms. The molecule has 0 N–H and O–H groups in total. The summed E-state index contributed by atoms with van der Waals surface area (Å²) in [5.74, 6) is 1.42. The van der Waals surface area contributed by atoms with E-state index in [2.05, 4.69) is 4.98 Å². The van der Waals surface area contributed by atoms with Gasteiger partial charge in [0, 0.05) is 12.5 Å². The average Bonchev–Trinajstić information content (AvgIpc) is 2.81. The van der Waals surface area contributed by atoms with Crippen LogP contribution in [0, 0.1) is 6.92 Å². The fourth-order valence-corrected chi connectivity index (χ4v) is 2.88. The second-order valence-corrected chi connectivity index (χ2v) is 5.29. The van der Waals surface area contributed by atoms with Crippen molar-refractivity contribution < 1.29 is 14.3 Å². The molecule has 0 saturated heterocycles. The number of aromatic nitrogens is 1. The van der Waals surface area contributed by atoms with E-state index in [1.807, 2.05) is 32.0 Å². The third-order valence-corrected chi connectivity index (χ3v) is 4.13. The first-order valence-corrected chi connectivity index (χ1v) is 7.18. The number of methoxy groups -OCH3 is 1. The molecule has 5 heteroatoms. The van der Waals surface area contributed by atoms with Crippen LogP contribution in [0.15, 0.2) is 18.2 Å². The summed E-state index contributed by atoms with van der Waals surface area (Å²) in [6.07, 6.45) is 0.